The molecule has 120 valence electrons. The van der Waals surface area contributed by atoms with Gasteiger partial charge in [0.1, 0.15) is 11.8 Å². The minimum atomic E-state index is -0.369. The molecule has 1 saturated carbocycles. The van der Waals surface area contributed by atoms with E-state index >= 15 is 0 Å². The van der Waals surface area contributed by atoms with E-state index in [-0.39, 0.29) is 23.8 Å². The van der Waals surface area contributed by atoms with Crippen molar-refractivity contribution in [2.24, 2.45) is 5.92 Å². The molecule has 1 aliphatic carbocycles. The average Bonchev–Trinajstić information content (AvgIpc) is 3.16. The van der Waals surface area contributed by atoms with Crippen molar-refractivity contribution in [2.75, 3.05) is 11.9 Å². The number of rotatable bonds is 3. The Morgan fingerprint density at radius 2 is 2.00 bits per heavy atom. The number of anilines is 1. The van der Waals surface area contributed by atoms with Gasteiger partial charge in [-0.1, -0.05) is 24.4 Å². The molecule has 1 aromatic heterocycles. The van der Waals surface area contributed by atoms with E-state index in [9.17, 15) is 9.59 Å². The summed E-state index contributed by atoms with van der Waals surface area (Å²) in [4.78, 5) is 26.9. The molecule has 6 nitrogen and oxygen atoms in total. The van der Waals surface area contributed by atoms with Crippen molar-refractivity contribution in [1.82, 2.24) is 10.1 Å². The highest BCUT2D eigenvalue weighted by molar-refractivity contribution is 5.97. The lowest BCUT2D eigenvalue weighted by molar-refractivity contribution is -0.141. The van der Waals surface area contributed by atoms with Gasteiger partial charge in [-0.25, -0.2) is 0 Å². The molecular formula is C16H23N3O3. The summed E-state index contributed by atoms with van der Waals surface area (Å²) < 4.78 is 4.95. The number of aryl methyl sites for hydroxylation is 1. The number of carbonyl (C=O) groups excluding carboxylic acids is 2. The highest BCUT2D eigenvalue weighted by Gasteiger charge is 2.37. The molecule has 1 atom stereocenters. The molecule has 1 unspecified atom stereocenters. The number of hydrogen-bond donors (Lipinski definition) is 1. The molecule has 22 heavy (non-hydrogen) atoms. The predicted octanol–water partition coefficient (Wildman–Crippen LogP) is 2.49. The minimum Gasteiger partial charge on any atom is -0.360 e. The van der Waals surface area contributed by atoms with Crippen LogP contribution in [0.2, 0.25) is 0 Å². The van der Waals surface area contributed by atoms with Crippen molar-refractivity contribution in [3.63, 3.8) is 0 Å². The molecule has 1 saturated heterocycles. The van der Waals surface area contributed by atoms with Gasteiger partial charge >= 0.3 is 0 Å². The van der Waals surface area contributed by atoms with Crippen molar-refractivity contribution in [2.45, 2.75) is 57.9 Å². The second-order valence-electron chi connectivity index (χ2n) is 6.34. The Morgan fingerprint density at radius 1 is 1.23 bits per heavy atom. The zero-order valence-electron chi connectivity index (χ0n) is 13.0. The molecule has 2 amide bonds. The Kier molecular flexibility index (Phi) is 4.45. The van der Waals surface area contributed by atoms with Crippen LogP contribution in [-0.2, 0) is 9.59 Å². The summed E-state index contributed by atoms with van der Waals surface area (Å²) in [5.41, 5.74) is 0. The lowest BCUT2D eigenvalue weighted by Crippen LogP contribution is -2.46. The molecular weight excluding hydrogens is 282 g/mol. The SMILES string of the molecule is Cc1cc(NC(=O)C2CCCN2C(=O)C2CCCCC2)no1. The van der Waals surface area contributed by atoms with Crippen LogP contribution in [0.25, 0.3) is 0 Å². The first-order valence-corrected chi connectivity index (χ1v) is 8.20. The van der Waals surface area contributed by atoms with Crippen LogP contribution in [-0.4, -0.2) is 34.5 Å². The molecule has 6 heteroatoms. The van der Waals surface area contributed by atoms with E-state index in [4.69, 9.17) is 4.52 Å². The van der Waals surface area contributed by atoms with Gasteiger partial charge in [0.15, 0.2) is 5.82 Å². The molecule has 1 aromatic rings. The minimum absolute atomic E-state index is 0.108. The number of aromatic nitrogens is 1. The maximum Gasteiger partial charge on any atom is 0.248 e. The maximum absolute atomic E-state index is 12.7. The third kappa shape index (κ3) is 3.15. The third-order valence-corrected chi connectivity index (χ3v) is 4.67. The number of nitrogens with zero attached hydrogens (tertiary/aromatic N) is 2. The first-order valence-electron chi connectivity index (χ1n) is 8.20. The van der Waals surface area contributed by atoms with Crippen LogP contribution >= 0.6 is 0 Å². The smallest absolute Gasteiger partial charge is 0.248 e. The van der Waals surface area contributed by atoms with E-state index in [2.05, 4.69) is 10.5 Å². The Labute approximate surface area is 130 Å². The van der Waals surface area contributed by atoms with Gasteiger partial charge in [0.2, 0.25) is 11.8 Å². The largest absolute Gasteiger partial charge is 0.360 e. The number of hydrogen-bond acceptors (Lipinski definition) is 4. The van der Waals surface area contributed by atoms with Gasteiger partial charge in [-0.3, -0.25) is 9.59 Å². The molecule has 1 N–H and O–H groups in total. The summed E-state index contributed by atoms with van der Waals surface area (Å²) in [6.45, 7) is 2.46. The molecule has 0 radical (unpaired) electrons. The van der Waals surface area contributed by atoms with Crippen LogP contribution in [0.1, 0.15) is 50.7 Å². The molecule has 0 spiro atoms. The fourth-order valence-electron chi connectivity index (χ4n) is 3.52. The van der Waals surface area contributed by atoms with Gasteiger partial charge in [0.05, 0.1) is 0 Å². The normalized spacial score (nSPS) is 22.8. The Balaban J connectivity index is 1.64. The number of carbonyl (C=O) groups is 2. The van der Waals surface area contributed by atoms with Crippen molar-refractivity contribution in [1.29, 1.82) is 0 Å². The second-order valence-corrected chi connectivity index (χ2v) is 6.34. The summed E-state index contributed by atoms with van der Waals surface area (Å²) in [5, 5.41) is 6.53. The number of likely N-dealkylation sites (tertiary alicyclic amines) is 1. The van der Waals surface area contributed by atoms with Crippen LogP contribution in [0.15, 0.2) is 10.6 Å². The average molecular weight is 305 g/mol. The van der Waals surface area contributed by atoms with Gasteiger partial charge in [-0.2, -0.15) is 0 Å². The van der Waals surface area contributed by atoms with Crippen LogP contribution < -0.4 is 5.32 Å². The monoisotopic (exact) mass is 305 g/mol. The van der Waals surface area contributed by atoms with E-state index in [0.717, 1.165) is 38.5 Å². The molecule has 3 rings (SSSR count). The topological polar surface area (TPSA) is 75.4 Å². The zero-order chi connectivity index (χ0) is 15.5. The molecule has 1 aliphatic heterocycles. The lowest BCUT2D eigenvalue weighted by atomic mass is 9.88. The number of nitrogens with one attached hydrogen (secondary N) is 1. The predicted molar refractivity (Wildman–Crippen MR) is 81.2 cm³/mol. The Bertz CT molecular complexity index is 549. The fraction of sp³-hybridized carbons (Fsp3) is 0.688. The summed E-state index contributed by atoms with van der Waals surface area (Å²) in [7, 11) is 0. The highest BCUT2D eigenvalue weighted by Crippen LogP contribution is 2.29. The van der Waals surface area contributed by atoms with Crippen LogP contribution in [0.4, 0.5) is 5.82 Å². The van der Waals surface area contributed by atoms with Crippen LogP contribution in [0.3, 0.4) is 0 Å². The van der Waals surface area contributed by atoms with Crippen molar-refractivity contribution < 1.29 is 14.1 Å². The summed E-state index contributed by atoms with van der Waals surface area (Å²) >= 11 is 0. The quantitative estimate of drug-likeness (QED) is 0.931. The van der Waals surface area contributed by atoms with E-state index in [0.29, 0.717) is 18.1 Å². The molecule has 2 fully saturated rings. The molecule has 2 heterocycles. The highest BCUT2D eigenvalue weighted by atomic mass is 16.5. The van der Waals surface area contributed by atoms with Crippen molar-refractivity contribution >= 4 is 17.6 Å². The van der Waals surface area contributed by atoms with E-state index in [1.54, 1.807) is 17.9 Å². The zero-order valence-corrected chi connectivity index (χ0v) is 13.0. The van der Waals surface area contributed by atoms with Gasteiger partial charge in [0.25, 0.3) is 0 Å². The first kappa shape index (κ1) is 15.1. The molecule has 0 aromatic carbocycles. The van der Waals surface area contributed by atoms with Crippen molar-refractivity contribution in [3.8, 4) is 0 Å². The standard InChI is InChI=1S/C16H23N3O3/c1-11-10-14(18-22-11)17-15(20)13-8-5-9-19(13)16(21)12-6-3-2-4-7-12/h10,12-13H,2-9H2,1H3,(H,17,18,20). The van der Waals surface area contributed by atoms with E-state index < -0.39 is 0 Å². The van der Waals surface area contributed by atoms with Crippen LogP contribution in [0.5, 0.6) is 0 Å². The van der Waals surface area contributed by atoms with E-state index in [1.807, 2.05) is 0 Å². The van der Waals surface area contributed by atoms with Gasteiger partial charge in [-0.15, -0.1) is 0 Å². The third-order valence-electron chi connectivity index (χ3n) is 4.67. The van der Waals surface area contributed by atoms with Gasteiger partial charge in [-0.05, 0) is 32.6 Å². The summed E-state index contributed by atoms with van der Waals surface area (Å²) in [6, 6.07) is 1.31. The lowest BCUT2D eigenvalue weighted by Gasteiger charge is -2.29. The van der Waals surface area contributed by atoms with E-state index in [1.165, 1.54) is 6.42 Å². The van der Waals surface area contributed by atoms with Gasteiger partial charge < -0.3 is 14.7 Å². The first-order chi connectivity index (χ1) is 10.6. The van der Waals surface area contributed by atoms with Gasteiger partial charge in [0, 0.05) is 18.5 Å². The molecule has 0 bridgehead atoms. The Hall–Kier alpha value is -1.85. The summed E-state index contributed by atoms with van der Waals surface area (Å²) in [5.74, 6) is 1.18. The fourth-order valence-corrected chi connectivity index (χ4v) is 3.52. The maximum atomic E-state index is 12.7. The Morgan fingerprint density at radius 3 is 2.68 bits per heavy atom. The van der Waals surface area contributed by atoms with Crippen molar-refractivity contribution in [3.05, 3.63) is 11.8 Å². The molecule has 2 aliphatic rings. The number of amides is 2. The second kappa shape index (κ2) is 6.50. The summed E-state index contributed by atoms with van der Waals surface area (Å²) in [6.07, 6.45) is 7.01. The van der Waals surface area contributed by atoms with Crippen LogP contribution in [0, 0.1) is 12.8 Å².